The zero-order chi connectivity index (χ0) is 13.9. The van der Waals surface area contributed by atoms with Crippen LogP contribution in [-0.2, 0) is 14.3 Å². The summed E-state index contributed by atoms with van der Waals surface area (Å²) in [5.74, 6) is -2.08. The molecule has 98 valence electrons. The lowest BCUT2D eigenvalue weighted by molar-refractivity contribution is -0.162. The highest BCUT2D eigenvalue weighted by Gasteiger charge is 2.47. The molecule has 1 aromatic rings. The predicted molar refractivity (Wildman–Crippen MR) is 66.6 cm³/mol. The molecule has 1 aliphatic heterocycles. The van der Waals surface area contributed by atoms with E-state index in [2.05, 4.69) is 14.7 Å². The molecule has 0 saturated carbocycles. The Morgan fingerprint density at radius 2 is 2.21 bits per heavy atom. The van der Waals surface area contributed by atoms with Crippen molar-refractivity contribution in [3.8, 4) is 0 Å². The molecule has 0 aromatic carbocycles. The Morgan fingerprint density at radius 3 is 2.79 bits per heavy atom. The van der Waals surface area contributed by atoms with E-state index >= 15 is 0 Å². The number of rotatable bonds is 3. The number of carboxylic acids is 1. The van der Waals surface area contributed by atoms with Crippen LogP contribution >= 0.6 is 0 Å². The molecular weight excluding hydrogens is 248 g/mol. The fourth-order valence-corrected chi connectivity index (χ4v) is 1.87. The van der Waals surface area contributed by atoms with Crippen molar-refractivity contribution in [2.75, 3.05) is 7.11 Å². The van der Waals surface area contributed by atoms with Crippen LogP contribution in [0.2, 0.25) is 0 Å². The highest BCUT2D eigenvalue weighted by atomic mass is 16.5. The van der Waals surface area contributed by atoms with Crippen molar-refractivity contribution in [2.45, 2.75) is 6.42 Å². The number of aromatic nitrogens is 1. The molecule has 0 spiro atoms. The number of aliphatic imine (C=N–C) groups is 1. The molecule has 6 nitrogen and oxygen atoms in total. The topological polar surface area (TPSA) is 88.9 Å². The number of nitrogens with zero attached hydrogens (tertiary/aromatic N) is 2. The van der Waals surface area contributed by atoms with Crippen molar-refractivity contribution < 1.29 is 19.4 Å². The molecule has 0 radical (unpaired) electrons. The average Bonchev–Trinajstić information content (AvgIpc) is 2.47. The van der Waals surface area contributed by atoms with Crippen LogP contribution in [0, 0.1) is 5.41 Å². The Morgan fingerprint density at radius 1 is 1.42 bits per heavy atom. The van der Waals surface area contributed by atoms with E-state index in [9.17, 15) is 14.7 Å². The summed E-state index contributed by atoms with van der Waals surface area (Å²) in [7, 11) is 1.16. The number of pyridine rings is 1. The molecule has 1 aliphatic rings. The van der Waals surface area contributed by atoms with Gasteiger partial charge in [0.05, 0.1) is 18.5 Å². The Labute approximate surface area is 109 Å². The van der Waals surface area contributed by atoms with Crippen LogP contribution in [0.15, 0.2) is 41.7 Å². The predicted octanol–water partition coefficient (Wildman–Crippen LogP) is 1.03. The molecule has 2 rings (SSSR count). The van der Waals surface area contributed by atoms with Crippen molar-refractivity contribution in [3.63, 3.8) is 0 Å². The minimum atomic E-state index is -1.73. The highest BCUT2D eigenvalue weighted by Crippen LogP contribution is 2.31. The number of hydrogen-bond acceptors (Lipinski definition) is 5. The largest absolute Gasteiger partial charge is 0.480 e. The fraction of sp³-hybridized carbons (Fsp3) is 0.231. The second-order valence-electron chi connectivity index (χ2n) is 4.05. The molecule has 0 bridgehead atoms. The molecule has 0 aliphatic carbocycles. The number of hydrogen-bond donors (Lipinski definition) is 1. The average molecular weight is 260 g/mol. The van der Waals surface area contributed by atoms with Gasteiger partial charge in [-0.25, -0.2) is 0 Å². The van der Waals surface area contributed by atoms with E-state index in [1.807, 2.05) is 0 Å². The molecule has 2 heterocycles. The van der Waals surface area contributed by atoms with Crippen molar-refractivity contribution in [1.29, 1.82) is 0 Å². The van der Waals surface area contributed by atoms with Crippen LogP contribution in [0.3, 0.4) is 0 Å². The van der Waals surface area contributed by atoms with Crippen LogP contribution < -0.4 is 0 Å². The summed E-state index contributed by atoms with van der Waals surface area (Å²) in [6.45, 7) is 0. The summed E-state index contributed by atoms with van der Waals surface area (Å²) in [4.78, 5) is 31.4. The van der Waals surface area contributed by atoms with E-state index in [1.54, 1.807) is 24.4 Å². The Kier molecular flexibility index (Phi) is 3.41. The van der Waals surface area contributed by atoms with Crippen LogP contribution in [0.1, 0.15) is 12.1 Å². The summed E-state index contributed by atoms with van der Waals surface area (Å²) in [5, 5.41) is 9.33. The van der Waals surface area contributed by atoms with Crippen molar-refractivity contribution in [3.05, 3.63) is 42.4 Å². The van der Waals surface area contributed by atoms with E-state index in [0.717, 1.165) is 7.11 Å². The van der Waals surface area contributed by atoms with E-state index in [0.29, 0.717) is 11.4 Å². The Bertz CT molecular complexity index is 565. The molecule has 1 N–H and O–H groups in total. The number of methoxy groups -OCH3 is 1. The van der Waals surface area contributed by atoms with E-state index in [4.69, 9.17) is 0 Å². The maximum Gasteiger partial charge on any atom is 0.327 e. The number of ether oxygens (including phenoxy) is 1. The Hall–Kier alpha value is -2.50. The first kappa shape index (κ1) is 12.9. The first-order valence-corrected chi connectivity index (χ1v) is 5.58. The zero-order valence-corrected chi connectivity index (χ0v) is 10.2. The molecule has 0 amide bonds. The van der Waals surface area contributed by atoms with Gasteiger partial charge in [0.15, 0.2) is 5.41 Å². The number of aliphatic carboxylic acids is 1. The van der Waals surface area contributed by atoms with Gasteiger partial charge in [-0.15, -0.1) is 0 Å². The summed E-state index contributed by atoms with van der Waals surface area (Å²) in [5.41, 5.74) is -0.749. The third kappa shape index (κ3) is 2.24. The van der Waals surface area contributed by atoms with Gasteiger partial charge in [0.25, 0.3) is 0 Å². The number of carbonyl (C=O) groups is 2. The lowest BCUT2D eigenvalue weighted by Crippen LogP contribution is -2.41. The molecule has 0 fully saturated rings. The van der Waals surface area contributed by atoms with Crippen molar-refractivity contribution >= 4 is 17.7 Å². The molecule has 1 atom stereocenters. The zero-order valence-electron chi connectivity index (χ0n) is 10.2. The molecule has 19 heavy (non-hydrogen) atoms. The lowest BCUT2D eigenvalue weighted by Gasteiger charge is -2.25. The van der Waals surface area contributed by atoms with E-state index in [1.165, 1.54) is 12.3 Å². The summed E-state index contributed by atoms with van der Waals surface area (Å²) in [6.07, 6.45) is 4.05. The SMILES string of the molecule is COC(=O)C1(C(=O)O)C=CN=C(c2ccccn2)C1. The monoisotopic (exact) mass is 260 g/mol. The maximum atomic E-state index is 11.8. The maximum absolute atomic E-state index is 11.8. The van der Waals surface area contributed by atoms with Gasteiger partial charge in [-0.2, -0.15) is 0 Å². The van der Waals surface area contributed by atoms with Crippen LogP contribution in [0.4, 0.5) is 0 Å². The fourth-order valence-electron chi connectivity index (χ4n) is 1.87. The summed E-state index contributed by atoms with van der Waals surface area (Å²) in [6, 6.07) is 5.22. The third-order valence-corrected chi connectivity index (χ3v) is 2.93. The van der Waals surface area contributed by atoms with Gasteiger partial charge < -0.3 is 9.84 Å². The van der Waals surface area contributed by atoms with Crippen molar-refractivity contribution in [2.24, 2.45) is 10.4 Å². The van der Waals surface area contributed by atoms with Crippen molar-refractivity contribution in [1.82, 2.24) is 4.98 Å². The second kappa shape index (κ2) is 5.01. The van der Waals surface area contributed by atoms with E-state index < -0.39 is 17.4 Å². The van der Waals surface area contributed by atoms with Crippen LogP contribution in [0.5, 0.6) is 0 Å². The van der Waals surface area contributed by atoms with Gasteiger partial charge in [0.1, 0.15) is 0 Å². The third-order valence-electron chi connectivity index (χ3n) is 2.93. The minimum absolute atomic E-state index is 0.0808. The molecule has 6 heteroatoms. The van der Waals surface area contributed by atoms with E-state index in [-0.39, 0.29) is 6.42 Å². The number of carboxylic acid groups (broad SMARTS) is 1. The molecule has 0 saturated heterocycles. The van der Waals surface area contributed by atoms with Crippen LogP contribution in [-0.4, -0.2) is 34.9 Å². The second-order valence-corrected chi connectivity index (χ2v) is 4.05. The van der Waals surface area contributed by atoms with Gasteiger partial charge >= 0.3 is 11.9 Å². The van der Waals surface area contributed by atoms with Gasteiger partial charge in [0.2, 0.25) is 0 Å². The smallest absolute Gasteiger partial charge is 0.327 e. The highest BCUT2D eigenvalue weighted by molar-refractivity contribution is 6.10. The molecule has 1 unspecified atom stereocenters. The van der Waals surface area contributed by atoms with Gasteiger partial charge in [-0.05, 0) is 18.2 Å². The quantitative estimate of drug-likeness (QED) is 0.647. The first-order chi connectivity index (χ1) is 9.10. The minimum Gasteiger partial charge on any atom is -0.480 e. The van der Waals surface area contributed by atoms with Gasteiger partial charge in [-0.3, -0.25) is 19.6 Å². The number of carbonyl (C=O) groups excluding carboxylic acids is 1. The molecular formula is C13H12N2O4. The lowest BCUT2D eigenvalue weighted by atomic mass is 9.80. The van der Waals surface area contributed by atoms with Gasteiger partial charge in [-0.1, -0.05) is 6.07 Å². The number of esters is 1. The standard InChI is InChI=1S/C13H12N2O4/c1-19-12(18)13(11(16)17)5-7-15-10(8-13)9-4-2-3-6-14-9/h2-7H,8H2,1H3,(H,16,17). The van der Waals surface area contributed by atoms with Crippen LogP contribution in [0.25, 0.3) is 0 Å². The summed E-state index contributed by atoms with van der Waals surface area (Å²) < 4.78 is 4.59. The van der Waals surface area contributed by atoms with Gasteiger partial charge in [0, 0.05) is 18.8 Å². The summed E-state index contributed by atoms with van der Waals surface area (Å²) >= 11 is 0. The molecule has 1 aromatic heterocycles. The first-order valence-electron chi connectivity index (χ1n) is 5.58. The normalized spacial score (nSPS) is 21.6. The Balaban J connectivity index is 2.39.